The fourth-order valence-electron chi connectivity index (χ4n) is 0.114. The smallest absolute Gasteiger partial charge is 0.264 e. The molecule has 0 saturated heterocycles. The standard InChI is InChI=1S/C4H10O4S/c1-7-3-4-8-9(2,5)6/h3-4H2,1-2H3/i2D3,3D2,4D2. The fraction of sp³-hybridized carbons (Fsp3) is 1.00. The minimum absolute atomic E-state index is 0.781. The van der Waals surface area contributed by atoms with Gasteiger partial charge < -0.3 is 4.74 Å². The van der Waals surface area contributed by atoms with E-state index in [2.05, 4.69) is 8.92 Å². The van der Waals surface area contributed by atoms with E-state index >= 15 is 0 Å². The first-order valence-electron chi connectivity index (χ1n) is 5.27. The van der Waals surface area contributed by atoms with Crippen LogP contribution in [0.15, 0.2) is 0 Å². The van der Waals surface area contributed by atoms with Gasteiger partial charge in [-0.05, 0) is 0 Å². The molecule has 0 unspecified atom stereocenters. The third-order valence-corrected chi connectivity index (χ3v) is 0.598. The fourth-order valence-corrected chi connectivity index (χ4v) is 0.257. The third-order valence-electron chi connectivity index (χ3n) is 0.295. The molecular formula is C4H10O4S. The second-order valence-electron chi connectivity index (χ2n) is 0.946. The SMILES string of the molecule is [2H]C([2H])(OC)C([2H])([2H])OS(=O)(=O)C([2H])([2H])[2H]. The van der Waals surface area contributed by atoms with Crippen LogP contribution in [0.25, 0.3) is 0 Å². The summed E-state index contributed by atoms with van der Waals surface area (Å²) >= 11 is 0. The summed E-state index contributed by atoms with van der Waals surface area (Å²) < 4.78 is 77.3. The molecule has 5 heteroatoms. The quantitative estimate of drug-likeness (QED) is 0.527. The maximum absolute atomic E-state index is 11.0. The van der Waals surface area contributed by atoms with Crippen LogP contribution in [0.4, 0.5) is 0 Å². The molecule has 0 aromatic carbocycles. The Hall–Kier alpha value is -0.130. The molecule has 56 valence electrons. The Morgan fingerprint density at radius 2 is 2.33 bits per heavy atom. The Kier molecular flexibility index (Phi) is 1.05. The highest BCUT2D eigenvalue weighted by Crippen LogP contribution is 1.84. The van der Waals surface area contributed by atoms with E-state index in [1.807, 2.05) is 0 Å². The average Bonchev–Trinajstić information content (AvgIpc) is 1.99. The molecule has 0 aliphatic rings. The summed E-state index contributed by atoms with van der Waals surface area (Å²) in [4.78, 5) is 0. The van der Waals surface area contributed by atoms with Crippen molar-refractivity contribution in [1.29, 1.82) is 0 Å². The van der Waals surface area contributed by atoms with Crippen molar-refractivity contribution in [2.24, 2.45) is 0 Å². The first-order chi connectivity index (χ1) is 6.77. The Bertz CT molecular complexity index is 344. The van der Waals surface area contributed by atoms with E-state index in [1.165, 1.54) is 0 Å². The molecule has 0 spiro atoms. The predicted octanol–water partition coefficient (Wildman–Crippen LogP) is -0.391. The molecular weight excluding hydrogens is 144 g/mol. The zero-order valence-corrected chi connectivity index (χ0v) is 5.36. The van der Waals surface area contributed by atoms with Gasteiger partial charge in [0.05, 0.1) is 24.8 Å². The van der Waals surface area contributed by atoms with Gasteiger partial charge >= 0.3 is 0 Å². The van der Waals surface area contributed by atoms with Crippen LogP contribution < -0.4 is 0 Å². The van der Waals surface area contributed by atoms with E-state index in [9.17, 15) is 8.42 Å². The van der Waals surface area contributed by atoms with Crippen molar-refractivity contribution in [2.45, 2.75) is 0 Å². The van der Waals surface area contributed by atoms with E-state index in [4.69, 9.17) is 9.60 Å². The molecule has 0 N–H and O–H groups in total. The van der Waals surface area contributed by atoms with E-state index in [-0.39, 0.29) is 0 Å². The molecule has 9 heavy (non-hydrogen) atoms. The van der Waals surface area contributed by atoms with Gasteiger partial charge in [-0.2, -0.15) is 8.42 Å². The normalized spacial score (nSPS) is 27.9. The van der Waals surface area contributed by atoms with Crippen LogP contribution in [0.5, 0.6) is 0 Å². The molecule has 0 heterocycles. The lowest BCUT2D eigenvalue weighted by atomic mass is 10.8. The molecule has 4 nitrogen and oxygen atoms in total. The molecule has 0 amide bonds. The second kappa shape index (κ2) is 3.81. The van der Waals surface area contributed by atoms with Crippen LogP contribution in [0.3, 0.4) is 0 Å². The number of rotatable bonds is 4. The van der Waals surface area contributed by atoms with Gasteiger partial charge in [0.1, 0.15) is 0 Å². The van der Waals surface area contributed by atoms with Crippen LogP contribution in [0.2, 0.25) is 0 Å². The van der Waals surface area contributed by atoms with Crippen LogP contribution in [-0.4, -0.2) is 34.8 Å². The van der Waals surface area contributed by atoms with Crippen molar-refractivity contribution >= 4 is 10.1 Å². The van der Waals surface area contributed by atoms with Crippen molar-refractivity contribution in [3.05, 3.63) is 0 Å². The second-order valence-corrected chi connectivity index (χ2v) is 2.02. The zero-order valence-electron chi connectivity index (χ0n) is 11.5. The predicted molar refractivity (Wildman–Crippen MR) is 32.7 cm³/mol. The zero-order chi connectivity index (χ0) is 13.4. The van der Waals surface area contributed by atoms with Gasteiger partial charge in [0, 0.05) is 11.2 Å². The largest absolute Gasteiger partial charge is 0.382 e. The maximum Gasteiger partial charge on any atom is 0.264 e. The third kappa shape index (κ3) is 7.87. The minimum atomic E-state index is -5.24. The first kappa shape index (κ1) is 2.48. The van der Waals surface area contributed by atoms with E-state index in [0.717, 1.165) is 7.11 Å². The molecule has 0 aromatic heterocycles. The topological polar surface area (TPSA) is 52.6 Å². The van der Waals surface area contributed by atoms with Gasteiger partial charge in [-0.1, -0.05) is 0 Å². The van der Waals surface area contributed by atoms with E-state index < -0.39 is 29.4 Å². The lowest BCUT2D eigenvalue weighted by Crippen LogP contribution is -2.07. The average molecular weight is 161 g/mol. The lowest BCUT2D eigenvalue weighted by molar-refractivity contribution is 0.150. The van der Waals surface area contributed by atoms with Crippen molar-refractivity contribution < 1.29 is 26.9 Å². The molecule has 0 rings (SSSR count). The molecule has 0 aliphatic heterocycles. The summed E-state index contributed by atoms with van der Waals surface area (Å²) in [5, 5.41) is 0. The van der Waals surface area contributed by atoms with Crippen LogP contribution >= 0.6 is 0 Å². The highest BCUT2D eigenvalue weighted by Gasteiger charge is 1.98. The summed E-state index contributed by atoms with van der Waals surface area (Å²) in [5.74, 6) is 0. The molecule has 0 saturated carbocycles. The van der Waals surface area contributed by atoms with Crippen LogP contribution in [-0.2, 0) is 19.0 Å². The van der Waals surface area contributed by atoms with E-state index in [1.54, 1.807) is 0 Å². The van der Waals surface area contributed by atoms with Crippen LogP contribution in [0, 0.1) is 0 Å². The summed E-state index contributed by atoms with van der Waals surface area (Å²) in [6.07, 6.45) is -3.59. The molecule has 0 atom stereocenters. The van der Waals surface area contributed by atoms with E-state index in [0.29, 0.717) is 0 Å². The number of methoxy groups -OCH3 is 1. The van der Waals surface area contributed by atoms with Gasteiger partial charge in [-0.3, -0.25) is 4.18 Å². The van der Waals surface area contributed by atoms with Crippen LogP contribution in [0.1, 0.15) is 9.60 Å². The molecule has 0 fully saturated rings. The number of hydrogen-bond acceptors (Lipinski definition) is 4. The Morgan fingerprint density at radius 1 is 1.67 bits per heavy atom. The summed E-state index contributed by atoms with van der Waals surface area (Å²) in [6, 6.07) is 0. The lowest BCUT2D eigenvalue weighted by Gasteiger charge is -1.97. The van der Waals surface area contributed by atoms with Crippen molar-refractivity contribution in [3.63, 3.8) is 0 Å². The number of hydrogen-bond donors (Lipinski definition) is 0. The van der Waals surface area contributed by atoms with Crippen molar-refractivity contribution in [1.82, 2.24) is 0 Å². The van der Waals surface area contributed by atoms with Gasteiger partial charge in [0.15, 0.2) is 0 Å². The molecule has 0 aliphatic carbocycles. The van der Waals surface area contributed by atoms with Crippen molar-refractivity contribution in [2.75, 3.05) is 26.4 Å². The molecule has 0 aromatic rings. The minimum Gasteiger partial charge on any atom is -0.382 e. The number of ether oxygens (including phenoxy) is 1. The van der Waals surface area contributed by atoms with Crippen molar-refractivity contribution in [3.8, 4) is 0 Å². The van der Waals surface area contributed by atoms with Gasteiger partial charge in [-0.25, -0.2) is 0 Å². The first-order valence-corrected chi connectivity index (χ1v) is 3.18. The Balaban J connectivity index is 5.16. The van der Waals surface area contributed by atoms with Gasteiger partial charge in [0.25, 0.3) is 10.1 Å². The highest BCUT2D eigenvalue weighted by atomic mass is 32.2. The molecule has 0 bridgehead atoms. The van der Waals surface area contributed by atoms with Gasteiger partial charge in [0.2, 0.25) is 0 Å². The summed E-state index contributed by atoms with van der Waals surface area (Å²) in [5.41, 5.74) is 0. The molecule has 0 radical (unpaired) electrons. The van der Waals surface area contributed by atoms with Gasteiger partial charge in [-0.15, -0.1) is 0 Å². The summed E-state index contributed by atoms with van der Waals surface area (Å²) in [7, 11) is -4.46. The Labute approximate surface area is 64.7 Å². The monoisotopic (exact) mass is 161 g/mol. The summed E-state index contributed by atoms with van der Waals surface area (Å²) in [6.45, 7) is -6.56. The highest BCUT2D eigenvalue weighted by molar-refractivity contribution is 7.85. The Morgan fingerprint density at radius 3 is 2.78 bits per heavy atom. The maximum atomic E-state index is 11.0.